The highest BCUT2D eigenvalue weighted by molar-refractivity contribution is 6.23. The number of hydrogen-bond donors (Lipinski definition) is 1. The molecule has 1 atom stereocenters. The Morgan fingerprint density at radius 2 is 1.24 bits per heavy atom. The fraction of sp³-hybridized carbons (Fsp3) is 0.0244. The summed E-state index contributed by atoms with van der Waals surface area (Å²) in [6, 6.07) is 52.7. The quantitative estimate of drug-likeness (QED) is 0.212. The van der Waals surface area contributed by atoms with Gasteiger partial charge in [0.05, 0.1) is 0 Å². The van der Waals surface area contributed by atoms with Crippen molar-refractivity contribution in [2.75, 3.05) is 0 Å². The SMILES string of the molecule is c1ccc(C2=NC(c3cccc4oc5c(-c6ccc7c(ccc8ccccc87)c6)cccc5c34)=NC(c3ccccc3)N2)cc1. The van der Waals surface area contributed by atoms with Crippen LogP contribution in [0.3, 0.4) is 0 Å². The van der Waals surface area contributed by atoms with Crippen LogP contribution in [-0.4, -0.2) is 11.7 Å². The number of nitrogens with zero attached hydrogens (tertiary/aromatic N) is 2. The number of rotatable bonds is 4. The molecule has 0 amide bonds. The van der Waals surface area contributed by atoms with Crippen LogP contribution < -0.4 is 5.32 Å². The van der Waals surface area contributed by atoms with E-state index in [9.17, 15) is 0 Å². The number of nitrogens with one attached hydrogen (secondary N) is 1. The molecule has 4 nitrogen and oxygen atoms in total. The Labute approximate surface area is 260 Å². The second-order valence-electron chi connectivity index (χ2n) is 11.4. The average molecular weight is 578 g/mol. The maximum Gasteiger partial charge on any atom is 0.160 e. The molecular weight excluding hydrogens is 550 g/mol. The molecular formula is C41H27N3O. The summed E-state index contributed by atoms with van der Waals surface area (Å²) in [4.78, 5) is 10.2. The molecule has 2 heterocycles. The van der Waals surface area contributed by atoms with Crippen LogP contribution in [0.2, 0.25) is 0 Å². The van der Waals surface area contributed by atoms with Gasteiger partial charge in [-0.2, -0.15) is 0 Å². The van der Waals surface area contributed by atoms with Gasteiger partial charge in [-0.1, -0.05) is 140 Å². The molecule has 9 rings (SSSR count). The molecule has 1 aliphatic heterocycles. The van der Waals surface area contributed by atoms with Gasteiger partial charge in [0.2, 0.25) is 0 Å². The summed E-state index contributed by atoms with van der Waals surface area (Å²) in [5, 5.41) is 10.6. The first-order chi connectivity index (χ1) is 22.3. The van der Waals surface area contributed by atoms with Gasteiger partial charge in [0, 0.05) is 27.5 Å². The number of benzene rings is 7. The lowest BCUT2D eigenvalue weighted by Crippen LogP contribution is -2.33. The van der Waals surface area contributed by atoms with Gasteiger partial charge in [-0.15, -0.1) is 0 Å². The Balaban J connectivity index is 1.22. The first kappa shape index (κ1) is 25.5. The van der Waals surface area contributed by atoms with E-state index in [2.05, 4.69) is 108 Å². The van der Waals surface area contributed by atoms with E-state index in [0.29, 0.717) is 5.84 Å². The van der Waals surface area contributed by atoms with Crippen molar-refractivity contribution in [1.29, 1.82) is 0 Å². The number of fused-ring (bicyclic) bond motifs is 6. The molecule has 1 unspecified atom stereocenters. The van der Waals surface area contributed by atoms with Gasteiger partial charge >= 0.3 is 0 Å². The Kier molecular flexibility index (Phi) is 5.85. The maximum atomic E-state index is 6.66. The van der Waals surface area contributed by atoms with Crippen LogP contribution in [0.15, 0.2) is 166 Å². The molecule has 0 saturated heterocycles. The van der Waals surface area contributed by atoms with Gasteiger partial charge in [0.1, 0.15) is 23.2 Å². The summed E-state index contributed by atoms with van der Waals surface area (Å²) >= 11 is 0. The molecule has 0 aliphatic carbocycles. The van der Waals surface area contributed by atoms with Crippen LogP contribution in [0.25, 0.3) is 54.6 Å². The Morgan fingerprint density at radius 1 is 0.533 bits per heavy atom. The summed E-state index contributed by atoms with van der Waals surface area (Å²) in [6.07, 6.45) is -0.272. The summed E-state index contributed by atoms with van der Waals surface area (Å²) in [6.45, 7) is 0. The molecule has 45 heavy (non-hydrogen) atoms. The van der Waals surface area contributed by atoms with Crippen LogP contribution in [0, 0.1) is 0 Å². The molecule has 8 aromatic rings. The van der Waals surface area contributed by atoms with Crippen LogP contribution in [0.1, 0.15) is 22.9 Å². The number of para-hydroxylation sites is 1. The molecule has 212 valence electrons. The standard InChI is InChI=1S/C41H27N3O/c1-3-12-27(13-4-1)39-42-40(28-14-5-2-6-15-28)44-41(43-39)35-19-10-20-36-37(35)34-18-9-17-33(38(34)45-36)30-23-24-32-29(25-30)22-21-26-11-7-8-16-31(26)32/h1-25,39H,(H,42,43,44). The van der Waals surface area contributed by atoms with E-state index in [1.807, 2.05) is 48.5 Å². The molecule has 1 aromatic heterocycles. The zero-order valence-electron chi connectivity index (χ0n) is 24.3. The smallest absolute Gasteiger partial charge is 0.160 e. The number of hydrogen-bond acceptors (Lipinski definition) is 4. The zero-order valence-corrected chi connectivity index (χ0v) is 24.3. The van der Waals surface area contributed by atoms with E-state index < -0.39 is 0 Å². The third-order valence-electron chi connectivity index (χ3n) is 8.72. The molecule has 1 N–H and O–H groups in total. The van der Waals surface area contributed by atoms with Gasteiger partial charge in [-0.05, 0) is 44.8 Å². The Hall–Kier alpha value is -6.00. The summed E-state index contributed by atoms with van der Waals surface area (Å²) in [5.41, 5.74) is 6.90. The lowest BCUT2D eigenvalue weighted by atomic mass is 9.96. The van der Waals surface area contributed by atoms with E-state index in [4.69, 9.17) is 14.4 Å². The molecule has 0 saturated carbocycles. The molecule has 0 radical (unpaired) electrons. The van der Waals surface area contributed by atoms with Crippen molar-refractivity contribution in [2.45, 2.75) is 6.17 Å². The van der Waals surface area contributed by atoms with Crippen molar-refractivity contribution in [2.24, 2.45) is 9.98 Å². The van der Waals surface area contributed by atoms with Gasteiger partial charge < -0.3 is 9.73 Å². The predicted molar refractivity (Wildman–Crippen MR) is 186 cm³/mol. The normalized spacial score (nSPS) is 14.9. The zero-order chi connectivity index (χ0) is 29.7. The largest absolute Gasteiger partial charge is 0.455 e. The van der Waals surface area contributed by atoms with Crippen molar-refractivity contribution < 1.29 is 4.42 Å². The van der Waals surface area contributed by atoms with Gasteiger partial charge in [0.15, 0.2) is 5.84 Å². The highest BCUT2D eigenvalue weighted by Crippen LogP contribution is 2.39. The number of furan rings is 1. The minimum Gasteiger partial charge on any atom is -0.455 e. The van der Waals surface area contributed by atoms with Crippen molar-refractivity contribution in [3.63, 3.8) is 0 Å². The highest BCUT2D eigenvalue weighted by Gasteiger charge is 2.24. The van der Waals surface area contributed by atoms with Gasteiger partial charge in [-0.3, -0.25) is 0 Å². The predicted octanol–water partition coefficient (Wildman–Crippen LogP) is 10.1. The van der Waals surface area contributed by atoms with Crippen LogP contribution in [0.4, 0.5) is 0 Å². The third-order valence-corrected chi connectivity index (χ3v) is 8.72. The Morgan fingerprint density at radius 3 is 2.13 bits per heavy atom. The first-order valence-corrected chi connectivity index (χ1v) is 15.2. The number of aliphatic imine (C=N–C) groups is 2. The van der Waals surface area contributed by atoms with Crippen molar-refractivity contribution in [3.8, 4) is 11.1 Å². The molecule has 4 heteroatoms. The van der Waals surface area contributed by atoms with E-state index in [-0.39, 0.29) is 6.17 Å². The van der Waals surface area contributed by atoms with Crippen molar-refractivity contribution >= 4 is 55.2 Å². The van der Waals surface area contributed by atoms with Crippen LogP contribution in [-0.2, 0) is 0 Å². The monoisotopic (exact) mass is 577 g/mol. The number of amidine groups is 2. The molecule has 0 fully saturated rings. The van der Waals surface area contributed by atoms with Crippen molar-refractivity contribution in [3.05, 3.63) is 168 Å². The minimum atomic E-state index is -0.272. The Bertz CT molecular complexity index is 2460. The van der Waals surface area contributed by atoms with Crippen LogP contribution in [0.5, 0.6) is 0 Å². The molecule has 1 aliphatic rings. The fourth-order valence-electron chi connectivity index (χ4n) is 6.56. The van der Waals surface area contributed by atoms with E-state index in [1.165, 1.54) is 21.5 Å². The lowest BCUT2D eigenvalue weighted by molar-refractivity contribution is 0.669. The minimum absolute atomic E-state index is 0.272. The fourth-order valence-corrected chi connectivity index (χ4v) is 6.56. The summed E-state index contributed by atoms with van der Waals surface area (Å²) in [5.74, 6) is 1.47. The average Bonchev–Trinajstić information content (AvgIpc) is 3.51. The van der Waals surface area contributed by atoms with E-state index in [1.54, 1.807) is 0 Å². The van der Waals surface area contributed by atoms with E-state index in [0.717, 1.165) is 55.6 Å². The maximum absolute atomic E-state index is 6.66. The molecule has 0 bridgehead atoms. The van der Waals surface area contributed by atoms with Gasteiger partial charge in [0.25, 0.3) is 0 Å². The second kappa shape index (κ2) is 10.3. The topological polar surface area (TPSA) is 49.9 Å². The second-order valence-corrected chi connectivity index (χ2v) is 11.4. The van der Waals surface area contributed by atoms with E-state index >= 15 is 0 Å². The molecule has 7 aromatic carbocycles. The van der Waals surface area contributed by atoms with Crippen molar-refractivity contribution in [1.82, 2.24) is 5.32 Å². The van der Waals surface area contributed by atoms with Crippen LogP contribution >= 0.6 is 0 Å². The first-order valence-electron chi connectivity index (χ1n) is 15.2. The highest BCUT2D eigenvalue weighted by atomic mass is 16.3. The van der Waals surface area contributed by atoms with Gasteiger partial charge in [-0.25, -0.2) is 9.98 Å². The summed E-state index contributed by atoms with van der Waals surface area (Å²) < 4.78 is 6.66. The third kappa shape index (κ3) is 4.30. The lowest BCUT2D eigenvalue weighted by Gasteiger charge is -2.23. The summed E-state index contributed by atoms with van der Waals surface area (Å²) in [7, 11) is 0. The molecule has 0 spiro atoms.